The van der Waals surface area contributed by atoms with Crippen molar-refractivity contribution in [3.05, 3.63) is 30.7 Å². The van der Waals surface area contributed by atoms with Gasteiger partial charge in [-0.25, -0.2) is 4.98 Å². The number of hydrogen-bond donors (Lipinski definition) is 3. The molecule has 1 aromatic carbocycles. The molecular weight excluding hydrogens is 418 g/mol. The predicted molar refractivity (Wildman–Crippen MR) is 119 cm³/mol. The number of fused-ring (bicyclic) bond motifs is 2. The zero-order chi connectivity index (χ0) is 20.1. The number of rotatable bonds is 4. The molecule has 1 fully saturated rings. The van der Waals surface area contributed by atoms with Crippen LogP contribution in [0.1, 0.15) is 19.8 Å². The van der Waals surface area contributed by atoms with Gasteiger partial charge < -0.3 is 10.1 Å². The van der Waals surface area contributed by atoms with E-state index in [1.807, 2.05) is 18.6 Å². The Morgan fingerprint density at radius 2 is 1.97 bits per heavy atom. The number of aromatic amines is 2. The second-order valence-electron chi connectivity index (χ2n) is 7.53. The fourth-order valence-corrected chi connectivity index (χ4v) is 5.97. The zero-order valence-electron chi connectivity index (χ0n) is 16.2. The lowest BCUT2D eigenvalue weighted by molar-refractivity contribution is 0.144. The number of aromatic nitrogens is 6. The van der Waals surface area contributed by atoms with Crippen LogP contribution in [-0.4, -0.2) is 49.1 Å². The fourth-order valence-electron chi connectivity index (χ4n) is 3.99. The highest BCUT2D eigenvalue weighted by atomic mass is 32.1. The quantitative estimate of drug-likeness (QED) is 0.389. The van der Waals surface area contributed by atoms with Crippen LogP contribution in [0.5, 0.6) is 5.19 Å². The van der Waals surface area contributed by atoms with Crippen molar-refractivity contribution in [2.75, 3.05) is 6.54 Å². The van der Waals surface area contributed by atoms with Crippen LogP contribution >= 0.6 is 22.7 Å². The number of nitrogens with one attached hydrogen (secondary N) is 3. The van der Waals surface area contributed by atoms with Crippen molar-refractivity contribution in [1.82, 2.24) is 35.7 Å². The van der Waals surface area contributed by atoms with Crippen LogP contribution in [0.4, 0.5) is 0 Å². The van der Waals surface area contributed by atoms with E-state index in [1.54, 1.807) is 11.3 Å². The van der Waals surface area contributed by atoms with Gasteiger partial charge in [-0.15, -0.1) is 0 Å². The predicted octanol–water partition coefficient (Wildman–Crippen LogP) is 4.21. The Balaban J connectivity index is 1.33. The van der Waals surface area contributed by atoms with Gasteiger partial charge in [0.05, 0.1) is 17.9 Å². The Labute approximate surface area is 179 Å². The summed E-state index contributed by atoms with van der Waals surface area (Å²) in [6.07, 6.45) is 7.79. The fraction of sp³-hybridized carbons (Fsp3) is 0.300. The minimum absolute atomic E-state index is 0.223. The van der Waals surface area contributed by atoms with Crippen LogP contribution in [0.25, 0.3) is 42.3 Å². The lowest BCUT2D eigenvalue weighted by atomic mass is 10.0. The molecule has 4 aromatic heterocycles. The van der Waals surface area contributed by atoms with E-state index in [2.05, 4.69) is 44.8 Å². The van der Waals surface area contributed by atoms with Gasteiger partial charge in [-0.2, -0.15) is 15.2 Å². The van der Waals surface area contributed by atoms with E-state index in [0.717, 1.165) is 66.8 Å². The van der Waals surface area contributed by atoms with Gasteiger partial charge in [0.15, 0.2) is 9.66 Å². The first-order valence-electron chi connectivity index (χ1n) is 9.87. The van der Waals surface area contributed by atoms with Crippen LogP contribution in [0.3, 0.4) is 0 Å². The van der Waals surface area contributed by atoms with Crippen LogP contribution in [0.2, 0.25) is 0 Å². The van der Waals surface area contributed by atoms with E-state index in [-0.39, 0.29) is 6.10 Å². The van der Waals surface area contributed by atoms with Crippen LogP contribution in [0.15, 0.2) is 30.7 Å². The molecule has 0 bridgehead atoms. The molecule has 6 rings (SSSR count). The molecule has 8 nitrogen and oxygen atoms in total. The summed E-state index contributed by atoms with van der Waals surface area (Å²) < 4.78 is 6.14. The van der Waals surface area contributed by atoms with E-state index in [9.17, 15) is 0 Å². The van der Waals surface area contributed by atoms with Crippen molar-refractivity contribution in [3.8, 4) is 26.9 Å². The largest absolute Gasteiger partial charge is 0.467 e. The van der Waals surface area contributed by atoms with E-state index >= 15 is 0 Å². The molecule has 0 saturated carbocycles. The van der Waals surface area contributed by atoms with Gasteiger partial charge in [0.1, 0.15) is 11.1 Å². The van der Waals surface area contributed by atoms with Crippen LogP contribution < -0.4 is 10.1 Å². The van der Waals surface area contributed by atoms with Gasteiger partial charge >= 0.3 is 0 Å². The Bertz CT molecular complexity index is 1290. The summed E-state index contributed by atoms with van der Waals surface area (Å²) in [5, 5.41) is 20.5. The Morgan fingerprint density at radius 1 is 1.07 bits per heavy atom. The number of ether oxygens (including phenoxy) is 1. The first kappa shape index (κ1) is 18.0. The summed E-state index contributed by atoms with van der Waals surface area (Å²) in [6.45, 7) is 3.18. The number of thiazole rings is 2. The lowest BCUT2D eigenvalue weighted by Gasteiger charge is -2.27. The van der Waals surface area contributed by atoms with Crippen molar-refractivity contribution in [2.24, 2.45) is 0 Å². The maximum absolute atomic E-state index is 6.14. The van der Waals surface area contributed by atoms with Gasteiger partial charge in [0.25, 0.3) is 5.19 Å². The standard InChI is InChI=1S/C20H19N7OS2/c1-10-6-12(4-5-21-10)28-20-26-19-18(30-20)25-17(29-19)14-3-2-13(11-7-22-23-8-11)15-9-24-27-16(14)15/h2-3,7-10,12,21H,4-6H2,1H3,(H,22,23)(H,24,27)/t10-,12+/m1/s1. The third-order valence-electron chi connectivity index (χ3n) is 5.45. The van der Waals surface area contributed by atoms with Gasteiger partial charge in [-0.3, -0.25) is 10.2 Å². The highest BCUT2D eigenvalue weighted by Crippen LogP contribution is 2.40. The molecule has 1 saturated heterocycles. The highest BCUT2D eigenvalue weighted by Gasteiger charge is 2.22. The summed E-state index contributed by atoms with van der Waals surface area (Å²) >= 11 is 3.11. The Kier molecular flexibility index (Phi) is 4.29. The number of hydrogen-bond acceptors (Lipinski definition) is 8. The van der Waals surface area contributed by atoms with Crippen molar-refractivity contribution < 1.29 is 4.74 Å². The molecule has 3 N–H and O–H groups in total. The van der Waals surface area contributed by atoms with E-state index < -0.39 is 0 Å². The zero-order valence-corrected chi connectivity index (χ0v) is 17.8. The van der Waals surface area contributed by atoms with Gasteiger partial charge in [0.2, 0.25) is 0 Å². The molecule has 1 aliphatic rings. The molecule has 152 valence electrons. The van der Waals surface area contributed by atoms with Gasteiger partial charge in [-0.1, -0.05) is 28.7 Å². The molecule has 1 aliphatic heterocycles. The average molecular weight is 438 g/mol. The molecule has 5 heterocycles. The van der Waals surface area contributed by atoms with Crippen LogP contribution in [0, 0.1) is 0 Å². The normalized spacial score (nSPS) is 19.6. The number of nitrogens with zero attached hydrogens (tertiary/aromatic N) is 4. The molecule has 30 heavy (non-hydrogen) atoms. The minimum atomic E-state index is 0.223. The third kappa shape index (κ3) is 3.08. The summed E-state index contributed by atoms with van der Waals surface area (Å²) in [5.41, 5.74) is 4.11. The van der Waals surface area contributed by atoms with Crippen molar-refractivity contribution in [1.29, 1.82) is 0 Å². The van der Waals surface area contributed by atoms with Crippen molar-refractivity contribution in [2.45, 2.75) is 31.9 Å². The Hall–Kier alpha value is -2.82. The summed E-state index contributed by atoms with van der Waals surface area (Å²) in [5.74, 6) is 0. The van der Waals surface area contributed by atoms with Crippen molar-refractivity contribution in [3.63, 3.8) is 0 Å². The molecule has 0 radical (unpaired) electrons. The molecule has 2 atom stereocenters. The minimum Gasteiger partial charge on any atom is -0.467 e. The SMILES string of the molecule is C[C@@H]1C[C@@H](Oc2nc3sc(-c4ccc(-c5cn[nH]c5)c5cn[nH]c45)nc3s2)CCN1. The molecule has 5 aromatic rings. The second-order valence-corrected chi connectivity index (χ2v) is 9.45. The van der Waals surface area contributed by atoms with Gasteiger partial charge in [-0.05, 0) is 37.9 Å². The maximum atomic E-state index is 6.14. The van der Waals surface area contributed by atoms with Crippen molar-refractivity contribution >= 4 is 43.2 Å². The topological polar surface area (TPSA) is 104 Å². The van der Waals surface area contributed by atoms with E-state index in [1.165, 1.54) is 11.3 Å². The number of piperidine rings is 1. The maximum Gasteiger partial charge on any atom is 0.276 e. The monoisotopic (exact) mass is 437 g/mol. The Morgan fingerprint density at radius 3 is 2.80 bits per heavy atom. The number of H-pyrrole nitrogens is 2. The smallest absolute Gasteiger partial charge is 0.276 e. The highest BCUT2D eigenvalue weighted by molar-refractivity contribution is 7.28. The summed E-state index contributed by atoms with van der Waals surface area (Å²) in [4.78, 5) is 11.4. The first-order chi connectivity index (χ1) is 14.7. The number of benzene rings is 1. The summed E-state index contributed by atoms with van der Waals surface area (Å²) in [6, 6.07) is 4.66. The molecule has 0 unspecified atom stereocenters. The second kappa shape index (κ2) is 7.15. The lowest BCUT2D eigenvalue weighted by Crippen LogP contribution is -2.40. The van der Waals surface area contributed by atoms with E-state index in [4.69, 9.17) is 14.7 Å². The molecule has 0 aliphatic carbocycles. The molecular formula is C20H19N7OS2. The van der Waals surface area contributed by atoms with Gasteiger partial charge in [0, 0.05) is 28.8 Å². The average Bonchev–Trinajstić information content (AvgIpc) is 3.50. The summed E-state index contributed by atoms with van der Waals surface area (Å²) in [7, 11) is 0. The third-order valence-corrected chi connectivity index (χ3v) is 7.41. The first-order valence-corrected chi connectivity index (χ1v) is 11.5. The van der Waals surface area contributed by atoms with E-state index in [0.29, 0.717) is 6.04 Å². The molecule has 0 amide bonds. The van der Waals surface area contributed by atoms with Crippen LogP contribution in [-0.2, 0) is 0 Å². The molecule has 0 spiro atoms. The molecule has 10 heteroatoms.